The SMILES string of the molecule is CSCc1noc(C2CNC2)n1. The summed E-state index contributed by atoms with van der Waals surface area (Å²) in [5, 5.41) is 7.04. The smallest absolute Gasteiger partial charge is 0.232 e. The highest BCUT2D eigenvalue weighted by Gasteiger charge is 2.24. The lowest BCUT2D eigenvalue weighted by Gasteiger charge is -2.22. The molecule has 2 heterocycles. The molecule has 0 spiro atoms. The van der Waals surface area contributed by atoms with Crippen LogP contribution in [-0.2, 0) is 5.75 Å². The summed E-state index contributed by atoms with van der Waals surface area (Å²) in [7, 11) is 0. The Morgan fingerprint density at radius 1 is 1.67 bits per heavy atom. The first-order valence-electron chi connectivity index (χ1n) is 3.92. The molecule has 12 heavy (non-hydrogen) atoms. The Morgan fingerprint density at radius 3 is 3.08 bits per heavy atom. The molecule has 1 saturated heterocycles. The van der Waals surface area contributed by atoms with E-state index in [9.17, 15) is 0 Å². The fourth-order valence-corrected chi connectivity index (χ4v) is 1.46. The number of thioether (sulfide) groups is 1. The minimum Gasteiger partial charge on any atom is -0.339 e. The van der Waals surface area contributed by atoms with Gasteiger partial charge in [-0.15, -0.1) is 0 Å². The van der Waals surface area contributed by atoms with E-state index in [0.717, 1.165) is 30.6 Å². The molecule has 0 amide bonds. The number of hydrogen-bond donors (Lipinski definition) is 1. The van der Waals surface area contributed by atoms with Gasteiger partial charge in [-0.25, -0.2) is 0 Å². The van der Waals surface area contributed by atoms with Crippen molar-refractivity contribution in [2.75, 3.05) is 19.3 Å². The van der Waals surface area contributed by atoms with Gasteiger partial charge in [0.2, 0.25) is 5.89 Å². The van der Waals surface area contributed by atoms with E-state index in [1.54, 1.807) is 11.8 Å². The number of hydrogen-bond acceptors (Lipinski definition) is 5. The molecule has 1 aromatic heterocycles. The molecule has 5 heteroatoms. The molecule has 0 aliphatic carbocycles. The topological polar surface area (TPSA) is 51.0 Å². The summed E-state index contributed by atoms with van der Waals surface area (Å²) in [4.78, 5) is 4.28. The van der Waals surface area contributed by atoms with Gasteiger partial charge in [0.1, 0.15) is 0 Å². The molecule has 0 radical (unpaired) electrons. The zero-order valence-corrected chi connectivity index (χ0v) is 7.73. The van der Waals surface area contributed by atoms with Crippen LogP contribution in [0.1, 0.15) is 17.6 Å². The van der Waals surface area contributed by atoms with Crippen molar-refractivity contribution in [2.24, 2.45) is 0 Å². The summed E-state index contributed by atoms with van der Waals surface area (Å²) in [6.45, 7) is 1.95. The molecule has 1 aliphatic heterocycles. The van der Waals surface area contributed by atoms with Crippen LogP contribution in [-0.4, -0.2) is 29.5 Å². The van der Waals surface area contributed by atoms with Crippen LogP contribution in [0.25, 0.3) is 0 Å². The van der Waals surface area contributed by atoms with Gasteiger partial charge in [-0.1, -0.05) is 5.16 Å². The maximum absolute atomic E-state index is 5.11. The molecule has 1 N–H and O–H groups in total. The summed E-state index contributed by atoms with van der Waals surface area (Å²) in [5.74, 6) is 2.89. The fourth-order valence-electron chi connectivity index (χ4n) is 1.08. The Kier molecular flexibility index (Phi) is 2.32. The van der Waals surface area contributed by atoms with Crippen molar-refractivity contribution >= 4 is 11.8 Å². The highest BCUT2D eigenvalue weighted by Crippen LogP contribution is 2.18. The summed E-state index contributed by atoms with van der Waals surface area (Å²) >= 11 is 1.70. The predicted molar refractivity (Wildman–Crippen MR) is 47.1 cm³/mol. The number of nitrogens with one attached hydrogen (secondary N) is 1. The van der Waals surface area contributed by atoms with Crippen LogP contribution in [0, 0.1) is 0 Å². The Bertz CT molecular complexity index is 259. The predicted octanol–water partition coefficient (Wildman–Crippen LogP) is 0.619. The van der Waals surface area contributed by atoms with E-state index in [2.05, 4.69) is 15.5 Å². The molecule has 0 unspecified atom stereocenters. The number of rotatable bonds is 3. The lowest BCUT2D eigenvalue weighted by atomic mass is 10.0. The van der Waals surface area contributed by atoms with E-state index in [1.807, 2.05) is 6.26 Å². The molecule has 4 nitrogen and oxygen atoms in total. The maximum Gasteiger partial charge on any atom is 0.232 e. The standard InChI is InChI=1S/C7H11N3OS/c1-12-4-6-9-7(11-10-6)5-2-8-3-5/h5,8H,2-4H2,1H3. The number of nitrogens with zero attached hydrogens (tertiary/aromatic N) is 2. The van der Waals surface area contributed by atoms with Crippen molar-refractivity contribution in [3.8, 4) is 0 Å². The monoisotopic (exact) mass is 185 g/mol. The summed E-state index contributed by atoms with van der Waals surface area (Å²) in [6, 6.07) is 0. The third-order valence-electron chi connectivity index (χ3n) is 1.89. The number of aromatic nitrogens is 2. The van der Waals surface area contributed by atoms with Crippen LogP contribution in [0.2, 0.25) is 0 Å². The molecule has 66 valence electrons. The van der Waals surface area contributed by atoms with Crippen molar-refractivity contribution in [3.63, 3.8) is 0 Å². The minimum atomic E-state index is 0.452. The molecule has 0 bridgehead atoms. The lowest BCUT2D eigenvalue weighted by Crippen LogP contribution is -2.40. The van der Waals surface area contributed by atoms with Crippen LogP contribution in [0.3, 0.4) is 0 Å². The van der Waals surface area contributed by atoms with Crippen molar-refractivity contribution in [2.45, 2.75) is 11.7 Å². The van der Waals surface area contributed by atoms with Gasteiger partial charge in [0.05, 0.1) is 11.7 Å². The normalized spacial score (nSPS) is 17.8. The van der Waals surface area contributed by atoms with Gasteiger partial charge in [-0.3, -0.25) is 0 Å². The first-order valence-corrected chi connectivity index (χ1v) is 5.31. The third kappa shape index (κ3) is 1.47. The van der Waals surface area contributed by atoms with E-state index >= 15 is 0 Å². The maximum atomic E-state index is 5.11. The van der Waals surface area contributed by atoms with Crippen LogP contribution in [0.15, 0.2) is 4.52 Å². The second-order valence-corrected chi connectivity index (χ2v) is 3.70. The molecule has 1 fully saturated rings. The average molecular weight is 185 g/mol. The Hall–Kier alpha value is -0.550. The molecular weight excluding hydrogens is 174 g/mol. The molecule has 0 saturated carbocycles. The lowest BCUT2D eigenvalue weighted by molar-refractivity contribution is 0.306. The molecule has 0 atom stereocenters. The van der Waals surface area contributed by atoms with Gasteiger partial charge in [0.25, 0.3) is 0 Å². The van der Waals surface area contributed by atoms with Crippen molar-refractivity contribution in [1.29, 1.82) is 0 Å². The van der Waals surface area contributed by atoms with Gasteiger partial charge < -0.3 is 9.84 Å². The first-order chi connectivity index (χ1) is 5.90. The van der Waals surface area contributed by atoms with Crippen LogP contribution in [0.4, 0.5) is 0 Å². The van der Waals surface area contributed by atoms with E-state index in [-0.39, 0.29) is 0 Å². The molecule has 2 rings (SSSR count). The highest BCUT2D eigenvalue weighted by atomic mass is 32.2. The quantitative estimate of drug-likeness (QED) is 0.748. The second kappa shape index (κ2) is 3.45. The van der Waals surface area contributed by atoms with E-state index in [1.165, 1.54) is 0 Å². The average Bonchev–Trinajstić information content (AvgIpc) is 2.34. The zero-order chi connectivity index (χ0) is 8.39. The van der Waals surface area contributed by atoms with Crippen LogP contribution in [0.5, 0.6) is 0 Å². The molecule has 0 aromatic carbocycles. The first kappa shape index (κ1) is 8.07. The van der Waals surface area contributed by atoms with Crippen molar-refractivity contribution in [3.05, 3.63) is 11.7 Å². The van der Waals surface area contributed by atoms with Crippen LogP contribution >= 0.6 is 11.8 Å². The van der Waals surface area contributed by atoms with E-state index in [4.69, 9.17) is 4.52 Å². The molecular formula is C7H11N3OS. The zero-order valence-electron chi connectivity index (χ0n) is 6.91. The van der Waals surface area contributed by atoms with Crippen molar-refractivity contribution in [1.82, 2.24) is 15.5 Å². The van der Waals surface area contributed by atoms with Crippen molar-refractivity contribution < 1.29 is 4.52 Å². The Balaban J connectivity index is 2.02. The molecule has 1 aromatic rings. The second-order valence-electron chi connectivity index (χ2n) is 2.84. The largest absolute Gasteiger partial charge is 0.339 e. The summed E-state index contributed by atoms with van der Waals surface area (Å²) in [6.07, 6.45) is 2.03. The fraction of sp³-hybridized carbons (Fsp3) is 0.714. The Morgan fingerprint density at radius 2 is 2.50 bits per heavy atom. The van der Waals surface area contributed by atoms with Gasteiger partial charge in [0.15, 0.2) is 5.82 Å². The Labute approximate surface area is 75.1 Å². The summed E-state index contributed by atoms with van der Waals surface area (Å²) in [5.41, 5.74) is 0. The van der Waals surface area contributed by atoms with Gasteiger partial charge in [-0.05, 0) is 6.26 Å². The van der Waals surface area contributed by atoms with Gasteiger partial charge in [0, 0.05) is 13.1 Å². The molecule has 1 aliphatic rings. The minimum absolute atomic E-state index is 0.452. The van der Waals surface area contributed by atoms with Gasteiger partial charge >= 0.3 is 0 Å². The third-order valence-corrected chi connectivity index (χ3v) is 2.43. The highest BCUT2D eigenvalue weighted by molar-refractivity contribution is 7.97. The van der Waals surface area contributed by atoms with Crippen LogP contribution < -0.4 is 5.32 Å². The van der Waals surface area contributed by atoms with E-state index in [0.29, 0.717) is 5.92 Å². The summed E-state index contributed by atoms with van der Waals surface area (Å²) < 4.78 is 5.11. The van der Waals surface area contributed by atoms with Gasteiger partial charge in [-0.2, -0.15) is 16.7 Å². The van der Waals surface area contributed by atoms with E-state index < -0.39 is 0 Å².